The van der Waals surface area contributed by atoms with Crippen LogP contribution in [0.2, 0.25) is 0 Å². The van der Waals surface area contributed by atoms with Crippen molar-refractivity contribution in [2.45, 2.75) is 0 Å². The fourth-order valence-electron chi connectivity index (χ4n) is 2.93. The number of nitrogens with one attached hydrogen (secondary N) is 1. The van der Waals surface area contributed by atoms with Crippen LogP contribution in [0.1, 0.15) is 10.5 Å². The Morgan fingerprint density at radius 2 is 1.69 bits per heavy atom. The Balaban J connectivity index is 1.52. The van der Waals surface area contributed by atoms with E-state index in [1.54, 1.807) is 6.07 Å². The lowest BCUT2D eigenvalue weighted by Gasteiger charge is -2.36. The molecule has 2 heterocycles. The van der Waals surface area contributed by atoms with Crippen molar-refractivity contribution in [3.63, 3.8) is 0 Å². The molecule has 0 atom stereocenters. The lowest BCUT2D eigenvalue weighted by molar-refractivity contribution is 0.0945. The molecule has 26 heavy (non-hydrogen) atoms. The first-order valence-electron chi connectivity index (χ1n) is 8.95. The number of nitrogens with zero attached hydrogens (tertiary/aromatic N) is 5. The van der Waals surface area contributed by atoms with Gasteiger partial charge in [0.25, 0.3) is 5.91 Å². The third-order valence-corrected chi connectivity index (χ3v) is 4.45. The Kier molecular flexibility index (Phi) is 6.01. The number of para-hydroxylation sites is 1. The maximum Gasteiger partial charge on any atom is 0.271 e. The molecule has 1 aliphatic heterocycles. The Hall–Kier alpha value is -2.67. The summed E-state index contributed by atoms with van der Waals surface area (Å²) in [7, 11) is 3.94. The first-order valence-corrected chi connectivity index (χ1v) is 8.95. The number of carbonyl (C=O) groups is 1. The van der Waals surface area contributed by atoms with E-state index in [2.05, 4.69) is 49.6 Å². The van der Waals surface area contributed by atoms with E-state index in [0.29, 0.717) is 12.2 Å². The van der Waals surface area contributed by atoms with E-state index in [1.807, 2.05) is 31.1 Å². The number of piperazine rings is 1. The molecule has 1 fully saturated rings. The summed E-state index contributed by atoms with van der Waals surface area (Å²) in [6, 6.07) is 14.1. The number of benzene rings is 1. The van der Waals surface area contributed by atoms with Crippen LogP contribution in [0.5, 0.6) is 0 Å². The molecule has 0 bridgehead atoms. The largest absolute Gasteiger partial charge is 0.368 e. The summed E-state index contributed by atoms with van der Waals surface area (Å²) in [5.74, 6) is 0.641. The van der Waals surface area contributed by atoms with Gasteiger partial charge in [0.1, 0.15) is 0 Å². The van der Waals surface area contributed by atoms with Crippen molar-refractivity contribution in [1.29, 1.82) is 0 Å². The molecule has 0 radical (unpaired) electrons. The average Bonchev–Trinajstić information content (AvgIpc) is 2.68. The van der Waals surface area contributed by atoms with Crippen LogP contribution in [0.15, 0.2) is 42.5 Å². The van der Waals surface area contributed by atoms with Crippen LogP contribution in [0, 0.1) is 0 Å². The highest BCUT2D eigenvalue weighted by Gasteiger charge is 2.19. The maximum absolute atomic E-state index is 12.1. The third kappa shape index (κ3) is 4.70. The second kappa shape index (κ2) is 8.62. The molecule has 7 nitrogen and oxygen atoms in total. The molecular formula is C19H26N6O. The zero-order valence-corrected chi connectivity index (χ0v) is 15.4. The summed E-state index contributed by atoms with van der Waals surface area (Å²) in [4.78, 5) is 18.7. The number of likely N-dealkylation sites (N-methyl/N-ethyl adjacent to an activating group) is 1. The molecule has 0 aliphatic carbocycles. The summed E-state index contributed by atoms with van der Waals surface area (Å²) in [6.07, 6.45) is 0. The van der Waals surface area contributed by atoms with Crippen LogP contribution in [0.25, 0.3) is 0 Å². The van der Waals surface area contributed by atoms with Crippen molar-refractivity contribution in [1.82, 2.24) is 20.4 Å². The van der Waals surface area contributed by atoms with Crippen LogP contribution in [0.4, 0.5) is 11.5 Å². The standard InChI is InChI=1S/C19H26N6O/c1-23(2)11-10-20-19(26)17-8-9-18(22-21-17)25-14-12-24(13-15-25)16-6-4-3-5-7-16/h3-9H,10-15H2,1-2H3,(H,20,26). The third-order valence-electron chi connectivity index (χ3n) is 4.45. The fraction of sp³-hybridized carbons (Fsp3) is 0.421. The van der Waals surface area contributed by atoms with E-state index >= 15 is 0 Å². The van der Waals surface area contributed by atoms with Gasteiger partial charge in [0.15, 0.2) is 11.5 Å². The van der Waals surface area contributed by atoms with E-state index < -0.39 is 0 Å². The summed E-state index contributed by atoms with van der Waals surface area (Å²) >= 11 is 0. The van der Waals surface area contributed by atoms with Crippen molar-refractivity contribution in [3.8, 4) is 0 Å². The van der Waals surface area contributed by atoms with Crippen molar-refractivity contribution < 1.29 is 4.79 Å². The molecule has 0 saturated carbocycles. The van der Waals surface area contributed by atoms with Crippen molar-refractivity contribution >= 4 is 17.4 Å². The van der Waals surface area contributed by atoms with Gasteiger partial charge in [-0.15, -0.1) is 10.2 Å². The normalized spacial score (nSPS) is 14.6. The van der Waals surface area contributed by atoms with Gasteiger partial charge in [0, 0.05) is 45.0 Å². The second-order valence-corrected chi connectivity index (χ2v) is 6.65. The highest BCUT2D eigenvalue weighted by molar-refractivity contribution is 5.92. The topological polar surface area (TPSA) is 64.6 Å². The highest BCUT2D eigenvalue weighted by atomic mass is 16.1. The van der Waals surface area contributed by atoms with Crippen LogP contribution in [-0.4, -0.2) is 74.4 Å². The van der Waals surface area contributed by atoms with Crippen LogP contribution in [0.3, 0.4) is 0 Å². The Morgan fingerprint density at radius 3 is 2.31 bits per heavy atom. The van der Waals surface area contributed by atoms with Crippen LogP contribution < -0.4 is 15.1 Å². The van der Waals surface area contributed by atoms with Crippen molar-refractivity contribution in [2.24, 2.45) is 0 Å². The van der Waals surface area contributed by atoms with E-state index in [1.165, 1.54) is 5.69 Å². The van der Waals surface area contributed by atoms with Gasteiger partial charge in [0.2, 0.25) is 0 Å². The smallest absolute Gasteiger partial charge is 0.271 e. The van der Waals surface area contributed by atoms with Crippen molar-refractivity contribution in [3.05, 3.63) is 48.2 Å². The minimum Gasteiger partial charge on any atom is -0.368 e. The Labute approximate surface area is 154 Å². The first kappa shape index (κ1) is 18.1. The molecule has 3 rings (SSSR count). The van der Waals surface area contributed by atoms with Gasteiger partial charge in [-0.25, -0.2) is 0 Å². The van der Waals surface area contributed by atoms with Gasteiger partial charge in [-0.2, -0.15) is 0 Å². The van der Waals surface area contributed by atoms with E-state index in [4.69, 9.17) is 0 Å². The molecule has 1 aliphatic rings. The quantitative estimate of drug-likeness (QED) is 0.838. The number of aromatic nitrogens is 2. The number of hydrogen-bond donors (Lipinski definition) is 1. The predicted molar refractivity (Wildman–Crippen MR) is 104 cm³/mol. The molecule has 1 amide bonds. The minimum atomic E-state index is -0.181. The van der Waals surface area contributed by atoms with Gasteiger partial charge in [-0.3, -0.25) is 4.79 Å². The van der Waals surface area contributed by atoms with E-state index in [9.17, 15) is 4.79 Å². The van der Waals surface area contributed by atoms with Crippen molar-refractivity contribution in [2.75, 3.05) is 63.2 Å². The van der Waals surface area contributed by atoms with E-state index in [0.717, 1.165) is 38.5 Å². The summed E-state index contributed by atoms with van der Waals surface area (Å²) in [5, 5.41) is 11.2. The van der Waals surface area contributed by atoms with Gasteiger partial charge < -0.3 is 20.0 Å². The molecule has 1 aromatic heterocycles. The van der Waals surface area contributed by atoms with E-state index in [-0.39, 0.29) is 5.91 Å². The van der Waals surface area contributed by atoms with Crippen LogP contribution >= 0.6 is 0 Å². The predicted octanol–water partition coefficient (Wildman–Crippen LogP) is 1.09. The average molecular weight is 354 g/mol. The maximum atomic E-state index is 12.1. The minimum absolute atomic E-state index is 0.181. The SMILES string of the molecule is CN(C)CCNC(=O)c1ccc(N2CCN(c3ccccc3)CC2)nn1. The zero-order chi connectivity index (χ0) is 18.4. The molecule has 0 spiro atoms. The fourth-order valence-corrected chi connectivity index (χ4v) is 2.93. The summed E-state index contributed by atoms with van der Waals surface area (Å²) in [5.41, 5.74) is 1.61. The first-order chi connectivity index (χ1) is 12.6. The Bertz CT molecular complexity index is 696. The number of amides is 1. The number of carbonyl (C=O) groups excluding carboxylic acids is 1. The summed E-state index contributed by atoms with van der Waals surface area (Å²) in [6.45, 7) is 5.05. The second-order valence-electron chi connectivity index (χ2n) is 6.65. The molecule has 2 aromatic rings. The molecule has 7 heteroatoms. The lowest BCUT2D eigenvalue weighted by Crippen LogP contribution is -2.47. The molecule has 0 unspecified atom stereocenters. The lowest BCUT2D eigenvalue weighted by atomic mass is 10.2. The highest BCUT2D eigenvalue weighted by Crippen LogP contribution is 2.18. The number of rotatable bonds is 6. The zero-order valence-electron chi connectivity index (χ0n) is 15.4. The Morgan fingerprint density at radius 1 is 1.00 bits per heavy atom. The molecule has 138 valence electrons. The van der Waals surface area contributed by atoms with Gasteiger partial charge in [-0.05, 0) is 38.4 Å². The molecule has 1 aromatic carbocycles. The number of anilines is 2. The molecule has 1 saturated heterocycles. The number of hydrogen-bond acceptors (Lipinski definition) is 6. The van der Waals surface area contributed by atoms with Crippen LogP contribution in [-0.2, 0) is 0 Å². The van der Waals surface area contributed by atoms with Gasteiger partial charge in [-0.1, -0.05) is 18.2 Å². The van der Waals surface area contributed by atoms with Gasteiger partial charge in [0.05, 0.1) is 0 Å². The summed E-state index contributed by atoms with van der Waals surface area (Å²) < 4.78 is 0. The molecular weight excluding hydrogens is 328 g/mol. The monoisotopic (exact) mass is 354 g/mol. The molecule has 1 N–H and O–H groups in total. The van der Waals surface area contributed by atoms with Gasteiger partial charge >= 0.3 is 0 Å².